The second-order valence-corrected chi connectivity index (χ2v) is 4.13. The molecule has 0 saturated heterocycles. The Bertz CT molecular complexity index is 331. The van der Waals surface area contributed by atoms with Crippen molar-refractivity contribution in [3.8, 4) is 5.75 Å². The number of hydrogen-bond acceptors (Lipinski definition) is 2. The van der Waals surface area contributed by atoms with Gasteiger partial charge in [0.05, 0.1) is 7.11 Å². The van der Waals surface area contributed by atoms with Crippen LogP contribution in [-0.2, 0) is 0 Å². The van der Waals surface area contributed by atoms with Crippen LogP contribution in [0.5, 0.6) is 5.75 Å². The first-order chi connectivity index (χ1) is 7.04. The minimum atomic E-state index is -0.353. The van der Waals surface area contributed by atoms with Gasteiger partial charge in [0.25, 0.3) is 0 Å². The van der Waals surface area contributed by atoms with Crippen LogP contribution in [0.2, 0.25) is 0 Å². The molecule has 1 atom stereocenters. The molecule has 0 amide bonds. The molecule has 2 nitrogen and oxygen atoms in total. The fourth-order valence-electron chi connectivity index (χ4n) is 1.56. The second kappa shape index (κ2) is 6.71. The third-order valence-electron chi connectivity index (χ3n) is 2.33. The average molecular weight is 248 g/mol. The topological polar surface area (TPSA) is 35.2 Å². The van der Waals surface area contributed by atoms with Crippen LogP contribution < -0.4 is 10.5 Å². The third kappa shape index (κ3) is 3.99. The average Bonchev–Trinajstić information content (AvgIpc) is 2.16. The van der Waals surface area contributed by atoms with Crippen LogP contribution in [0.25, 0.3) is 0 Å². The summed E-state index contributed by atoms with van der Waals surface area (Å²) in [7, 11) is 1.45. The van der Waals surface area contributed by atoms with Crippen molar-refractivity contribution in [3.63, 3.8) is 0 Å². The first-order valence-electron chi connectivity index (χ1n) is 5.13. The van der Waals surface area contributed by atoms with Gasteiger partial charge in [-0.05, 0) is 30.0 Å². The van der Waals surface area contributed by atoms with E-state index in [1.54, 1.807) is 6.07 Å². The Balaban J connectivity index is 0.00000225. The van der Waals surface area contributed by atoms with Gasteiger partial charge in [-0.1, -0.05) is 19.9 Å². The highest BCUT2D eigenvalue weighted by Crippen LogP contribution is 2.24. The molecule has 0 unspecified atom stereocenters. The lowest BCUT2D eigenvalue weighted by atomic mass is 9.98. The number of benzene rings is 1. The summed E-state index contributed by atoms with van der Waals surface area (Å²) in [6.07, 6.45) is 0.853. The summed E-state index contributed by atoms with van der Waals surface area (Å²) >= 11 is 0. The lowest BCUT2D eigenvalue weighted by Gasteiger charge is -2.15. The quantitative estimate of drug-likeness (QED) is 0.886. The predicted octanol–water partition coefficient (Wildman–Crippen LogP) is 3.30. The second-order valence-electron chi connectivity index (χ2n) is 4.13. The van der Waals surface area contributed by atoms with E-state index in [0.29, 0.717) is 5.92 Å². The van der Waals surface area contributed by atoms with Crippen molar-refractivity contribution in [3.05, 3.63) is 29.6 Å². The van der Waals surface area contributed by atoms with Gasteiger partial charge in [0.15, 0.2) is 11.6 Å². The fraction of sp³-hybridized carbons (Fsp3) is 0.500. The van der Waals surface area contributed by atoms with E-state index in [1.165, 1.54) is 13.2 Å². The molecular weight excluding hydrogens is 229 g/mol. The maximum atomic E-state index is 13.4. The highest BCUT2D eigenvalue weighted by atomic mass is 35.5. The van der Waals surface area contributed by atoms with E-state index in [9.17, 15) is 4.39 Å². The molecule has 0 radical (unpaired) electrons. The van der Waals surface area contributed by atoms with Crippen LogP contribution in [0, 0.1) is 11.7 Å². The molecule has 4 heteroatoms. The molecule has 0 spiro atoms. The number of methoxy groups -OCH3 is 1. The molecule has 1 aromatic carbocycles. The van der Waals surface area contributed by atoms with Crippen LogP contribution in [0.4, 0.5) is 4.39 Å². The minimum Gasteiger partial charge on any atom is -0.494 e. The highest BCUT2D eigenvalue weighted by molar-refractivity contribution is 5.85. The SMILES string of the molecule is COc1ccc([C@H](N)CC(C)C)cc1F.Cl. The maximum Gasteiger partial charge on any atom is 0.165 e. The maximum absolute atomic E-state index is 13.4. The Hall–Kier alpha value is -0.800. The summed E-state index contributed by atoms with van der Waals surface area (Å²) in [5.41, 5.74) is 6.77. The summed E-state index contributed by atoms with van der Waals surface area (Å²) in [6, 6.07) is 4.77. The molecule has 0 aromatic heterocycles. The smallest absolute Gasteiger partial charge is 0.165 e. The van der Waals surface area contributed by atoms with E-state index in [4.69, 9.17) is 10.5 Å². The normalized spacial score (nSPS) is 12.1. The molecule has 0 bridgehead atoms. The van der Waals surface area contributed by atoms with Gasteiger partial charge in [-0.25, -0.2) is 4.39 Å². The van der Waals surface area contributed by atoms with Gasteiger partial charge in [-0.2, -0.15) is 0 Å². The van der Waals surface area contributed by atoms with Gasteiger partial charge >= 0.3 is 0 Å². The number of rotatable bonds is 4. The monoisotopic (exact) mass is 247 g/mol. The number of nitrogens with two attached hydrogens (primary N) is 1. The fourth-order valence-corrected chi connectivity index (χ4v) is 1.56. The molecule has 0 saturated carbocycles. The van der Waals surface area contributed by atoms with E-state index >= 15 is 0 Å². The number of halogens is 2. The largest absolute Gasteiger partial charge is 0.494 e. The standard InChI is InChI=1S/C12H18FNO.ClH/c1-8(2)6-11(14)9-4-5-12(15-3)10(13)7-9;/h4-5,7-8,11H,6,14H2,1-3H3;1H/t11-;/m1./s1. The number of hydrogen-bond donors (Lipinski definition) is 1. The van der Waals surface area contributed by atoms with Gasteiger partial charge < -0.3 is 10.5 Å². The first-order valence-corrected chi connectivity index (χ1v) is 5.13. The van der Waals surface area contributed by atoms with Gasteiger partial charge in [-0.3, -0.25) is 0 Å². The zero-order valence-electron chi connectivity index (χ0n) is 9.87. The molecular formula is C12H19ClFNO. The molecule has 2 N–H and O–H groups in total. The molecule has 16 heavy (non-hydrogen) atoms. The van der Waals surface area contributed by atoms with Crippen molar-refractivity contribution in [1.29, 1.82) is 0 Å². The van der Waals surface area contributed by atoms with Gasteiger partial charge in [-0.15, -0.1) is 12.4 Å². The highest BCUT2D eigenvalue weighted by Gasteiger charge is 2.11. The molecule has 1 rings (SSSR count). The van der Waals surface area contributed by atoms with Gasteiger partial charge in [0.2, 0.25) is 0 Å². The van der Waals surface area contributed by atoms with Crippen molar-refractivity contribution in [2.75, 3.05) is 7.11 Å². The molecule has 0 heterocycles. The van der Waals surface area contributed by atoms with Crippen LogP contribution in [0.1, 0.15) is 31.9 Å². The van der Waals surface area contributed by atoms with E-state index < -0.39 is 0 Å². The van der Waals surface area contributed by atoms with Gasteiger partial charge in [0.1, 0.15) is 0 Å². The number of ether oxygens (including phenoxy) is 1. The van der Waals surface area contributed by atoms with Crippen LogP contribution in [-0.4, -0.2) is 7.11 Å². The molecule has 0 aliphatic rings. The van der Waals surface area contributed by atoms with Crippen molar-refractivity contribution < 1.29 is 9.13 Å². The zero-order valence-corrected chi connectivity index (χ0v) is 10.7. The third-order valence-corrected chi connectivity index (χ3v) is 2.33. The van der Waals surface area contributed by atoms with Crippen molar-refractivity contribution in [2.45, 2.75) is 26.3 Å². The lowest BCUT2D eigenvalue weighted by Crippen LogP contribution is -2.13. The predicted molar refractivity (Wildman–Crippen MR) is 66.6 cm³/mol. The molecule has 92 valence electrons. The van der Waals surface area contributed by atoms with E-state index in [1.807, 2.05) is 6.07 Å². The Labute approximate surface area is 102 Å². The zero-order chi connectivity index (χ0) is 11.4. The van der Waals surface area contributed by atoms with E-state index in [2.05, 4.69) is 13.8 Å². The van der Waals surface area contributed by atoms with Crippen molar-refractivity contribution in [2.24, 2.45) is 11.7 Å². The Kier molecular flexibility index (Phi) is 6.38. The Morgan fingerprint density at radius 2 is 2.00 bits per heavy atom. The van der Waals surface area contributed by atoms with Crippen LogP contribution >= 0.6 is 12.4 Å². The summed E-state index contributed by atoms with van der Waals surface area (Å²) in [6.45, 7) is 4.19. The van der Waals surface area contributed by atoms with E-state index in [-0.39, 0.29) is 30.0 Å². The summed E-state index contributed by atoms with van der Waals surface area (Å²) in [5.74, 6) is 0.412. The van der Waals surface area contributed by atoms with Crippen molar-refractivity contribution >= 4 is 12.4 Å². The summed E-state index contributed by atoms with van der Waals surface area (Å²) in [4.78, 5) is 0. The molecule has 0 aliphatic heterocycles. The van der Waals surface area contributed by atoms with Crippen LogP contribution in [0.3, 0.4) is 0 Å². The molecule has 0 aliphatic carbocycles. The molecule has 1 aromatic rings. The summed E-state index contributed by atoms with van der Waals surface area (Å²) < 4.78 is 18.2. The lowest BCUT2D eigenvalue weighted by molar-refractivity contribution is 0.385. The van der Waals surface area contributed by atoms with Gasteiger partial charge in [0, 0.05) is 6.04 Å². The Morgan fingerprint density at radius 3 is 2.44 bits per heavy atom. The van der Waals surface area contributed by atoms with Crippen LogP contribution in [0.15, 0.2) is 18.2 Å². The minimum absolute atomic E-state index is 0. The molecule has 0 fully saturated rings. The summed E-state index contributed by atoms with van der Waals surface area (Å²) in [5, 5.41) is 0. The Morgan fingerprint density at radius 1 is 1.38 bits per heavy atom. The van der Waals surface area contributed by atoms with Crippen molar-refractivity contribution in [1.82, 2.24) is 0 Å². The van der Waals surface area contributed by atoms with E-state index in [0.717, 1.165) is 12.0 Å². The first kappa shape index (κ1) is 15.2.